The van der Waals surface area contributed by atoms with Crippen LogP contribution in [0.3, 0.4) is 0 Å². The molecule has 0 aliphatic rings. The van der Waals surface area contributed by atoms with Gasteiger partial charge in [-0.15, -0.1) is 0 Å². The minimum absolute atomic E-state index is 0.00509. The summed E-state index contributed by atoms with van der Waals surface area (Å²) >= 11 is 5.47. The quantitative estimate of drug-likeness (QED) is 0.0550. The van der Waals surface area contributed by atoms with Crippen LogP contribution in [0.4, 0.5) is 0 Å². The van der Waals surface area contributed by atoms with E-state index in [0.717, 1.165) is 23.9 Å². The minimum Gasteiger partial charge on any atom is -0.464 e. The highest BCUT2D eigenvalue weighted by atomic mass is 127. The van der Waals surface area contributed by atoms with E-state index in [-0.39, 0.29) is 21.1 Å². The van der Waals surface area contributed by atoms with Crippen LogP contribution in [0, 0.1) is 10.7 Å². The molecule has 0 radical (unpaired) electrons. The molecule has 7 N–H and O–H groups in total. The molecule has 0 heterocycles. The van der Waals surface area contributed by atoms with Crippen LogP contribution in [0.15, 0.2) is 6.07 Å². The van der Waals surface area contributed by atoms with E-state index in [0.29, 0.717) is 7.14 Å². The first-order chi connectivity index (χ1) is 21.1. The van der Waals surface area contributed by atoms with Gasteiger partial charge in [0.15, 0.2) is 6.61 Å². The van der Waals surface area contributed by atoms with Crippen LogP contribution in [-0.2, 0) is 23.9 Å². The second-order valence-electron chi connectivity index (χ2n) is 9.52. The Morgan fingerprint density at radius 3 is 1.89 bits per heavy atom. The van der Waals surface area contributed by atoms with Crippen LogP contribution in [0.5, 0.6) is 0 Å². The Labute approximate surface area is 299 Å². The van der Waals surface area contributed by atoms with Crippen molar-refractivity contribution >= 4 is 97.4 Å². The number of carbonyl (C=O) groups excluding carboxylic acids is 5. The number of hydrazine groups is 1. The summed E-state index contributed by atoms with van der Waals surface area (Å²) in [5.74, 6) is -4.12. The third kappa shape index (κ3) is 12.9. The van der Waals surface area contributed by atoms with E-state index < -0.39 is 107 Å². The van der Waals surface area contributed by atoms with E-state index >= 15 is 0 Å². The van der Waals surface area contributed by atoms with Crippen molar-refractivity contribution in [3.8, 4) is 0 Å². The van der Waals surface area contributed by atoms with E-state index in [2.05, 4.69) is 5.32 Å². The fraction of sp³-hybridized carbons (Fsp3) is 0.577. The lowest BCUT2D eigenvalue weighted by Crippen LogP contribution is -2.58. The fourth-order valence-electron chi connectivity index (χ4n) is 3.93. The van der Waals surface area contributed by atoms with Gasteiger partial charge in [-0.2, -0.15) is 0 Å². The predicted molar refractivity (Wildman–Crippen MR) is 180 cm³/mol. The zero-order valence-electron chi connectivity index (χ0n) is 24.3. The number of hydrogen-bond acceptors (Lipinski definition) is 13. The van der Waals surface area contributed by atoms with Gasteiger partial charge in [-0.3, -0.25) is 24.0 Å². The summed E-state index contributed by atoms with van der Waals surface area (Å²) in [5.41, 5.74) is -0.0992. The van der Waals surface area contributed by atoms with Gasteiger partial charge in [-0.25, -0.2) is 10.0 Å². The van der Waals surface area contributed by atoms with Gasteiger partial charge >= 0.3 is 11.9 Å². The number of carbonyl (C=O) groups is 5. The number of hydrogen-bond donors (Lipinski definition) is 7. The molecule has 0 aliphatic carbocycles. The largest absolute Gasteiger partial charge is 0.464 e. The van der Waals surface area contributed by atoms with Gasteiger partial charge in [0.1, 0.15) is 6.61 Å². The number of aliphatic hydroxyl groups excluding tert-OH is 6. The van der Waals surface area contributed by atoms with E-state index in [1.807, 2.05) is 45.2 Å². The summed E-state index contributed by atoms with van der Waals surface area (Å²) in [6, 6.07) is -0.795. The smallest absolute Gasteiger partial charge is 0.303 e. The molecule has 0 aromatic heterocycles. The Balaban J connectivity index is 3.81. The third-order valence-electron chi connectivity index (χ3n) is 6.01. The first kappa shape index (κ1) is 41.5. The molecule has 0 saturated heterocycles. The average molecular weight is 979 g/mol. The molecule has 16 nitrogen and oxygen atoms in total. The predicted octanol–water partition coefficient (Wildman–Crippen LogP) is -1.25. The van der Waals surface area contributed by atoms with Gasteiger partial charge < -0.3 is 45.4 Å². The van der Waals surface area contributed by atoms with Gasteiger partial charge in [-0.1, -0.05) is 0 Å². The molecule has 4 atom stereocenters. The van der Waals surface area contributed by atoms with Gasteiger partial charge in [0.25, 0.3) is 17.7 Å². The van der Waals surface area contributed by atoms with Crippen molar-refractivity contribution in [2.24, 2.45) is 0 Å². The number of ether oxygens (including phenoxy) is 2. The molecule has 1 aromatic rings. The molecule has 0 fully saturated rings. The molecule has 19 heteroatoms. The van der Waals surface area contributed by atoms with Gasteiger partial charge in [0.2, 0.25) is 0 Å². The van der Waals surface area contributed by atoms with Crippen molar-refractivity contribution in [1.82, 2.24) is 15.3 Å². The van der Waals surface area contributed by atoms with Crippen LogP contribution in [0.1, 0.15) is 47.4 Å². The number of rotatable bonds is 17. The van der Waals surface area contributed by atoms with Crippen LogP contribution >= 0.6 is 67.8 Å². The fourth-order valence-corrected chi connectivity index (χ4v) is 8.25. The van der Waals surface area contributed by atoms with Crippen LogP contribution in [-0.4, -0.2) is 141 Å². The standard InChI is InChI=1S/C26H36I3N3O13/c1-13(37)44-4-3-31(21(41)12-45-14(2)38)32(16(9-34)6-18(40)11-36)26(43)23-20(28)7-19(27)22(24(23)29)25(42)30-15(8-33)5-17(39)10-35/h7,15-18,33-36,39-40H,3-6,8-12H2,1-2H3,(H,30,42). The second-order valence-corrected chi connectivity index (χ2v) is 12.9. The highest BCUT2D eigenvalue weighted by Gasteiger charge is 2.37. The molecule has 0 spiro atoms. The van der Waals surface area contributed by atoms with E-state index in [4.69, 9.17) is 14.6 Å². The molecule has 0 aliphatic heterocycles. The van der Waals surface area contributed by atoms with Gasteiger partial charge in [0.05, 0.1) is 68.4 Å². The van der Waals surface area contributed by atoms with Crippen molar-refractivity contribution in [1.29, 1.82) is 0 Å². The van der Waals surface area contributed by atoms with Gasteiger partial charge in [-0.05, 0) is 80.3 Å². The summed E-state index contributed by atoms with van der Waals surface area (Å²) in [7, 11) is 0. The third-order valence-corrected chi connectivity index (χ3v) is 8.79. The molecule has 1 aromatic carbocycles. The van der Waals surface area contributed by atoms with Crippen LogP contribution < -0.4 is 5.32 Å². The van der Waals surface area contributed by atoms with E-state index in [1.165, 1.54) is 6.07 Å². The highest BCUT2D eigenvalue weighted by Crippen LogP contribution is 2.30. The summed E-state index contributed by atoms with van der Waals surface area (Å²) in [6.45, 7) is -2.24. The van der Waals surface area contributed by atoms with Gasteiger partial charge in [0, 0.05) is 31.0 Å². The topological polar surface area (TPSA) is 244 Å². The second kappa shape index (κ2) is 20.7. The maximum atomic E-state index is 14.4. The number of esters is 2. The molecule has 45 heavy (non-hydrogen) atoms. The van der Waals surface area contributed by atoms with Crippen molar-refractivity contribution in [3.63, 3.8) is 0 Å². The molecule has 0 saturated carbocycles. The molecule has 0 bridgehead atoms. The van der Waals surface area contributed by atoms with Crippen LogP contribution in [0.2, 0.25) is 0 Å². The first-order valence-corrected chi connectivity index (χ1v) is 16.5. The number of nitrogens with zero attached hydrogens (tertiary/aromatic N) is 2. The lowest BCUT2D eigenvalue weighted by atomic mass is 10.1. The average Bonchev–Trinajstić information content (AvgIpc) is 2.97. The number of halogens is 3. The maximum absolute atomic E-state index is 14.4. The molecule has 1 rings (SSSR count). The minimum atomic E-state index is -1.43. The lowest BCUT2D eigenvalue weighted by molar-refractivity contribution is -0.164. The molecule has 254 valence electrons. The summed E-state index contributed by atoms with van der Waals surface area (Å²) < 4.78 is 10.6. The van der Waals surface area contributed by atoms with Crippen LogP contribution in [0.25, 0.3) is 0 Å². The Morgan fingerprint density at radius 2 is 1.38 bits per heavy atom. The molecule has 3 amide bonds. The molecular formula is C26H36I3N3O13. The van der Waals surface area contributed by atoms with E-state index in [9.17, 15) is 49.5 Å². The monoisotopic (exact) mass is 979 g/mol. The number of benzene rings is 1. The summed E-state index contributed by atoms with van der Waals surface area (Å²) in [5, 5.41) is 62.8. The maximum Gasteiger partial charge on any atom is 0.303 e. The Bertz CT molecular complexity index is 1210. The summed E-state index contributed by atoms with van der Waals surface area (Å²) in [6.07, 6.45) is -3.23. The zero-order valence-corrected chi connectivity index (χ0v) is 30.8. The number of nitrogens with one attached hydrogen (secondary N) is 1. The Hall–Kier alpha value is -1.48. The van der Waals surface area contributed by atoms with Crippen molar-refractivity contribution in [3.05, 3.63) is 27.9 Å². The van der Waals surface area contributed by atoms with Crippen molar-refractivity contribution < 1.29 is 64.1 Å². The van der Waals surface area contributed by atoms with Crippen molar-refractivity contribution in [2.45, 2.75) is 51.0 Å². The molecular weight excluding hydrogens is 943 g/mol. The Morgan fingerprint density at radius 1 is 0.822 bits per heavy atom. The molecule has 4 unspecified atom stereocenters. The zero-order chi connectivity index (χ0) is 34.4. The first-order valence-electron chi connectivity index (χ1n) is 13.3. The number of amides is 3. The summed E-state index contributed by atoms with van der Waals surface area (Å²) in [4.78, 5) is 64.0. The SMILES string of the molecule is CC(=O)OCCN(C(=O)COC(C)=O)N(C(=O)c1c(I)cc(I)c(C(=O)NC(CO)CC(O)CO)c1I)C(CO)CC(O)CO. The lowest BCUT2D eigenvalue weighted by Gasteiger charge is -2.40. The normalized spacial score (nSPS) is 13.7. The van der Waals surface area contributed by atoms with Crippen molar-refractivity contribution in [2.75, 3.05) is 46.2 Å². The Kier molecular flexibility index (Phi) is 19.1. The number of aliphatic hydroxyl groups is 6. The van der Waals surface area contributed by atoms with E-state index in [1.54, 1.807) is 22.6 Å². The highest BCUT2D eigenvalue weighted by molar-refractivity contribution is 14.1.